The normalized spacial score (nSPS) is 14.3. The van der Waals surface area contributed by atoms with E-state index < -0.39 is 6.04 Å². The summed E-state index contributed by atoms with van der Waals surface area (Å²) in [5.74, 6) is 0.471. The quantitative estimate of drug-likeness (QED) is 0.231. The summed E-state index contributed by atoms with van der Waals surface area (Å²) < 4.78 is 7.08. The number of fused-ring (bicyclic) bond motifs is 1. The minimum Gasteiger partial charge on any atom is -0.494 e. The molecule has 2 amide bonds. The Hall–Kier alpha value is -4.27. The zero-order valence-corrected chi connectivity index (χ0v) is 22.7. The van der Waals surface area contributed by atoms with Crippen LogP contribution in [-0.2, 0) is 4.79 Å². The molecule has 0 unspecified atom stereocenters. The predicted octanol–water partition coefficient (Wildman–Crippen LogP) is 6.77. The number of ether oxygens (including phenoxy) is 1. The third-order valence-corrected chi connectivity index (χ3v) is 6.83. The lowest BCUT2D eigenvalue weighted by Crippen LogP contribution is -2.32. The summed E-state index contributed by atoms with van der Waals surface area (Å²) in [6.07, 6.45) is 1.48. The average Bonchev–Trinajstić information content (AvgIpc) is 3.34. The number of amides is 2. The van der Waals surface area contributed by atoms with E-state index in [0.717, 1.165) is 0 Å². The molecule has 1 aromatic heterocycles. The standard InChI is InChI=1S/C29H25Cl2N5O3/c1-3-39-21-14-12-20(13-15-21)34-28(37)23-16-32-36-26(22-6-4-5-7-24(22)31)25(17(2)33-27(23)36)29(38)35-19-10-8-18(30)9-11-19/h4-16,26,33H,3H2,1-2H3,(H,34,37)(H,35,38)/t26-/m1/s1. The molecule has 0 saturated carbocycles. The van der Waals surface area contributed by atoms with Gasteiger partial charge in [0.25, 0.3) is 11.8 Å². The molecule has 2 heterocycles. The smallest absolute Gasteiger partial charge is 0.261 e. The number of halogens is 2. The molecule has 0 aliphatic carbocycles. The van der Waals surface area contributed by atoms with E-state index in [9.17, 15) is 9.59 Å². The van der Waals surface area contributed by atoms with Crippen molar-refractivity contribution in [2.75, 3.05) is 22.6 Å². The number of carbonyl (C=O) groups excluding carboxylic acids is 2. The van der Waals surface area contributed by atoms with Crippen molar-refractivity contribution in [1.29, 1.82) is 0 Å². The molecule has 39 heavy (non-hydrogen) atoms. The number of nitrogens with zero attached hydrogens (tertiary/aromatic N) is 2. The van der Waals surface area contributed by atoms with Gasteiger partial charge in [-0.15, -0.1) is 0 Å². The summed E-state index contributed by atoms with van der Waals surface area (Å²) in [7, 11) is 0. The van der Waals surface area contributed by atoms with Gasteiger partial charge in [-0.25, -0.2) is 4.68 Å². The first-order valence-corrected chi connectivity index (χ1v) is 13.0. The highest BCUT2D eigenvalue weighted by atomic mass is 35.5. The van der Waals surface area contributed by atoms with Crippen LogP contribution in [0.5, 0.6) is 5.75 Å². The van der Waals surface area contributed by atoms with Gasteiger partial charge in [0.2, 0.25) is 0 Å². The zero-order valence-electron chi connectivity index (χ0n) is 21.2. The van der Waals surface area contributed by atoms with Crippen molar-refractivity contribution in [2.24, 2.45) is 0 Å². The summed E-state index contributed by atoms with van der Waals surface area (Å²) >= 11 is 12.6. The van der Waals surface area contributed by atoms with E-state index in [0.29, 0.717) is 62.0 Å². The van der Waals surface area contributed by atoms with Crippen LogP contribution in [0.3, 0.4) is 0 Å². The van der Waals surface area contributed by atoms with Crippen molar-refractivity contribution in [3.63, 3.8) is 0 Å². The minimum absolute atomic E-state index is 0.317. The van der Waals surface area contributed by atoms with Gasteiger partial charge in [0.15, 0.2) is 0 Å². The molecule has 0 fully saturated rings. The summed E-state index contributed by atoms with van der Waals surface area (Å²) in [6.45, 7) is 4.25. The molecule has 5 rings (SSSR count). The number of aromatic nitrogens is 2. The molecule has 3 aromatic carbocycles. The molecule has 1 aliphatic heterocycles. The van der Waals surface area contributed by atoms with Gasteiger partial charge in [-0.3, -0.25) is 9.59 Å². The number of hydrogen-bond acceptors (Lipinski definition) is 5. The number of hydrogen-bond donors (Lipinski definition) is 3. The van der Waals surface area contributed by atoms with E-state index in [1.165, 1.54) is 6.20 Å². The monoisotopic (exact) mass is 561 g/mol. The van der Waals surface area contributed by atoms with E-state index in [-0.39, 0.29) is 11.8 Å². The lowest BCUT2D eigenvalue weighted by Gasteiger charge is -2.30. The van der Waals surface area contributed by atoms with E-state index >= 15 is 0 Å². The number of allylic oxidation sites excluding steroid dienone is 1. The SMILES string of the molecule is CCOc1ccc(NC(=O)c2cnn3c2NC(C)=C(C(=O)Nc2ccc(Cl)cc2)[C@H]3c2ccccc2Cl)cc1. The molecule has 198 valence electrons. The highest BCUT2D eigenvalue weighted by molar-refractivity contribution is 6.31. The van der Waals surface area contributed by atoms with Gasteiger partial charge in [-0.1, -0.05) is 41.4 Å². The Morgan fingerprint density at radius 1 is 0.949 bits per heavy atom. The summed E-state index contributed by atoms with van der Waals surface area (Å²) in [5.41, 5.74) is 3.16. The van der Waals surface area contributed by atoms with Crippen LogP contribution in [0, 0.1) is 0 Å². The molecular weight excluding hydrogens is 537 g/mol. The summed E-state index contributed by atoms with van der Waals surface area (Å²) in [6, 6.07) is 20.5. The Morgan fingerprint density at radius 3 is 2.26 bits per heavy atom. The Labute approximate surface area is 235 Å². The first-order chi connectivity index (χ1) is 18.9. The van der Waals surface area contributed by atoms with Crippen LogP contribution in [-0.4, -0.2) is 28.2 Å². The highest BCUT2D eigenvalue weighted by Gasteiger charge is 2.36. The third-order valence-electron chi connectivity index (χ3n) is 6.24. The second-order valence-electron chi connectivity index (χ2n) is 8.81. The topological polar surface area (TPSA) is 97.3 Å². The van der Waals surface area contributed by atoms with Crippen LogP contribution in [0.15, 0.2) is 90.3 Å². The molecule has 0 saturated heterocycles. The second kappa shape index (κ2) is 11.2. The van der Waals surface area contributed by atoms with Crippen molar-refractivity contribution < 1.29 is 14.3 Å². The molecule has 0 bridgehead atoms. The Morgan fingerprint density at radius 2 is 1.59 bits per heavy atom. The Balaban J connectivity index is 1.50. The summed E-state index contributed by atoms with van der Waals surface area (Å²) in [5, 5.41) is 14.6. The first kappa shape index (κ1) is 26.3. The van der Waals surface area contributed by atoms with Crippen molar-refractivity contribution in [3.8, 4) is 5.75 Å². The fourth-order valence-electron chi connectivity index (χ4n) is 4.43. The van der Waals surface area contributed by atoms with Crippen LogP contribution in [0.4, 0.5) is 17.2 Å². The zero-order chi connectivity index (χ0) is 27.5. The lowest BCUT2D eigenvalue weighted by molar-refractivity contribution is -0.113. The fraction of sp³-hybridized carbons (Fsp3) is 0.138. The molecule has 10 heteroatoms. The van der Waals surface area contributed by atoms with Crippen molar-refractivity contribution in [3.05, 3.63) is 111 Å². The van der Waals surface area contributed by atoms with E-state index in [4.69, 9.17) is 27.9 Å². The molecule has 1 aliphatic rings. The molecule has 3 N–H and O–H groups in total. The third kappa shape index (κ3) is 5.48. The van der Waals surface area contributed by atoms with E-state index in [2.05, 4.69) is 21.0 Å². The molecule has 0 spiro atoms. The average molecular weight is 562 g/mol. The Bertz CT molecular complexity index is 1560. The van der Waals surface area contributed by atoms with Gasteiger partial charge in [0.05, 0.1) is 18.4 Å². The number of nitrogens with one attached hydrogen (secondary N) is 3. The van der Waals surface area contributed by atoms with Gasteiger partial charge in [0.1, 0.15) is 23.2 Å². The van der Waals surface area contributed by atoms with Crippen LogP contribution in [0.2, 0.25) is 10.0 Å². The van der Waals surface area contributed by atoms with Crippen LogP contribution < -0.4 is 20.7 Å². The van der Waals surface area contributed by atoms with Gasteiger partial charge in [-0.05, 0) is 68.4 Å². The lowest BCUT2D eigenvalue weighted by atomic mass is 9.94. The van der Waals surface area contributed by atoms with Crippen molar-refractivity contribution >= 4 is 52.2 Å². The number of anilines is 3. The second-order valence-corrected chi connectivity index (χ2v) is 9.66. The fourth-order valence-corrected chi connectivity index (χ4v) is 4.80. The maximum atomic E-state index is 13.6. The maximum Gasteiger partial charge on any atom is 0.261 e. The van der Waals surface area contributed by atoms with Gasteiger partial charge in [0, 0.05) is 32.7 Å². The molecule has 8 nitrogen and oxygen atoms in total. The maximum absolute atomic E-state index is 13.6. The van der Waals surface area contributed by atoms with Crippen LogP contribution >= 0.6 is 23.2 Å². The molecule has 4 aromatic rings. The van der Waals surface area contributed by atoms with Crippen molar-refractivity contribution in [2.45, 2.75) is 19.9 Å². The molecular formula is C29H25Cl2N5O3. The number of carbonyl (C=O) groups is 2. The largest absolute Gasteiger partial charge is 0.494 e. The Kier molecular flexibility index (Phi) is 7.58. The predicted molar refractivity (Wildman–Crippen MR) is 154 cm³/mol. The summed E-state index contributed by atoms with van der Waals surface area (Å²) in [4.78, 5) is 26.9. The van der Waals surface area contributed by atoms with Crippen molar-refractivity contribution in [1.82, 2.24) is 9.78 Å². The van der Waals surface area contributed by atoms with E-state index in [1.54, 1.807) is 66.2 Å². The van der Waals surface area contributed by atoms with Gasteiger partial charge in [-0.2, -0.15) is 5.10 Å². The minimum atomic E-state index is -0.686. The molecule has 1 atom stereocenters. The number of rotatable bonds is 7. The molecule has 0 radical (unpaired) electrons. The first-order valence-electron chi connectivity index (χ1n) is 12.3. The van der Waals surface area contributed by atoms with Gasteiger partial charge < -0.3 is 20.7 Å². The number of benzene rings is 3. The highest BCUT2D eigenvalue weighted by Crippen LogP contribution is 2.40. The van der Waals surface area contributed by atoms with Crippen LogP contribution in [0.1, 0.15) is 35.8 Å². The van der Waals surface area contributed by atoms with E-state index in [1.807, 2.05) is 25.1 Å². The van der Waals surface area contributed by atoms with Gasteiger partial charge >= 0.3 is 0 Å². The van der Waals surface area contributed by atoms with Crippen LogP contribution in [0.25, 0.3) is 0 Å².